The first kappa shape index (κ1) is 22.6. The molecular weight excluding hydrogens is 414 g/mol. The number of carbonyl (C=O) groups excluding carboxylic acids is 1. The van der Waals surface area contributed by atoms with Gasteiger partial charge in [-0.3, -0.25) is 4.79 Å². The van der Waals surface area contributed by atoms with Crippen molar-refractivity contribution in [2.24, 2.45) is 11.7 Å². The van der Waals surface area contributed by atoms with Crippen LogP contribution in [-0.2, 0) is 16.0 Å². The lowest BCUT2D eigenvalue weighted by Crippen LogP contribution is -2.32. The summed E-state index contributed by atoms with van der Waals surface area (Å²) in [5, 5.41) is 9.02. The van der Waals surface area contributed by atoms with Gasteiger partial charge >= 0.3 is 5.97 Å². The first-order valence-electron chi connectivity index (χ1n) is 11.4. The van der Waals surface area contributed by atoms with Crippen LogP contribution in [0.4, 0.5) is 0 Å². The summed E-state index contributed by atoms with van der Waals surface area (Å²) >= 11 is 0. The molecule has 2 atom stereocenters. The number of hydrogen-bond donors (Lipinski definition) is 2. The SMILES string of the molecule is NC(=O)C(CC(c1ccccc1)c1ccccc1)C1CCCc2c(OCC(=O)O)cccc21. The maximum Gasteiger partial charge on any atom is 0.341 e. The molecular formula is C28H29NO4. The van der Waals surface area contributed by atoms with E-state index in [0.717, 1.165) is 41.5 Å². The van der Waals surface area contributed by atoms with Crippen LogP contribution in [0.25, 0.3) is 0 Å². The lowest BCUT2D eigenvalue weighted by Gasteiger charge is -2.34. The van der Waals surface area contributed by atoms with E-state index >= 15 is 0 Å². The predicted molar refractivity (Wildman–Crippen MR) is 127 cm³/mol. The standard InChI is InChI=1S/C28H29NO4/c29-28(32)25(17-24(19-9-3-1-4-10-19)20-11-5-2-6-12-20)22-13-7-15-23-21(22)14-8-16-26(23)33-18-27(30)31/h1-6,8-12,14,16,22,24-25H,7,13,15,17-18H2,(H2,29,32)(H,30,31). The van der Waals surface area contributed by atoms with Crippen molar-refractivity contribution < 1.29 is 19.4 Å². The Hall–Kier alpha value is -3.60. The van der Waals surface area contributed by atoms with E-state index in [-0.39, 0.29) is 30.3 Å². The number of primary amides is 1. The molecule has 4 rings (SSSR count). The van der Waals surface area contributed by atoms with Gasteiger partial charge in [-0.05, 0) is 59.9 Å². The summed E-state index contributed by atoms with van der Waals surface area (Å²) in [5.41, 5.74) is 10.4. The molecule has 0 aromatic heterocycles. The van der Waals surface area contributed by atoms with E-state index in [0.29, 0.717) is 12.2 Å². The normalized spacial score (nSPS) is 16.1. The predicted octanol–water partition coefficient (Wildman–Crippen LogP) is 4.89. The van der Waals surface area contributed by atoms with Gasteiger partial charge in [0.2, 0.25) is 5.91 Å². The minimum atomic E-state index is -1.01. The van der Waals surface area contributed by atoms with E-state index in [9.17, 15) is 9.59 Å². The molecule has 5 heteroatoms. The number of nitrogens with two attached hydrogens (primary N) is 1. The van der Waals surface area contributed by atoms with Crippen molar-refractivity contribution in [2.45, 2.75) is 37.5 Å². The molecule has 5 nitrogen and oxygen atoms in total. The minimum absolute atomic E-state index is 0.0328. The minimum Gasteiger partial charge on any atom is -0.482 e. The number of amides is 1. The first-order chi connectivity index (χ1) is 16.0. The fourth-order valence-corrected chi connectivity index (χ4v) is 5.11. The van der Waals surface area contributed by atoms with E-state index in [1.165, 1.54) is 0 Å². The number of carboxylic acids is 1. The smallest absolute Gasteiger partial charge is 0.341 e. The lowest BCUT2D eigenvalue weighted by atomic mass is 9.71. The second-order valence-corrected chi connectivity index (χ2v) is 8.62. The Morgan fingerprint density at radius 2 is 1.58 bits per heavy atom. The topological polar surface area (TPSA) is 89.6 Å². The third-order valence-corrected chi connectivity index (χ3v) is 6.61. The highest BCUT2D eigenvalue weighted by Gasteiger charge is 2.35. The molecule has 1 amide bonds. The average Bonchev–Trinajstić information content (AvgIpc) is 2.84. The Morgan fingerprint density at radius 1 is 0.939 bits per heavy atom. The molecule has 3 aromatic rings. The number of carbonyl (C=O) groups is 2. The van der Waals surface area contributed by atoms with Crippen LogP contribution in [0.3, 0.4) is 0 Å². The van der Waals surface area contributed by atoms with E-state index in [1.807, 2.05) is 48.5 Å². The zero-order chi connectivity index (χ0) is 23.2. The van der Waals surface area contributed by atoms with Gasteiger partial charge in [-0.15, -0.1) is 0 Å². The molecule has 0 radical (unpaired) electrons. The average molecular weight is 444 g/mol. The summed E-state index contributed by atoms with van der Waals surface area (Å²) in [6, 6.07) is 26.2. The van der Waals surface area contributed by atoms with Crippen LogP contribution in [0.5, 0.6) is 5.75 Å². The number of aliphatic carboxylic acids is 1. The van der Waals surface area contributed by atoms with Gasteiger partial charge in [0.05, 0.1) is 0 Å². The number of benzene rings is 3. The van der Waals surface area contributed by atoms with E-state index < -0.39 is 5.97 Å². The summed E-state index contributed by atoms with van der Waals surface area (Å²) in [7, 11) is 0. The Morgan fingerprint density at radius 3 is 2.15 bits per heavy atom. The fraction of sp³-hybridized carbons (Fsp3) is 0.286. The van der Waals surface area contributed by atoms with E-state index in [4.69, 9.17) is 15.6 Å². The van der Waals surface area contributed by atoms with Crippen molar-refractivity contribution in [3.05, 3.63) is 101 Å². The maximum atomic E-state index is 12.8. The maximum absolute atomic E-state index is 12.8. The number of rotatable bonds is 9. The van der Waals surface area contributed by atoms with Gasteiger partial charge in [-0.2, -0.15) is 0 Å². The Bertz CT molecular complexity index is 1060. The second-order valence-electron chi connectivity index (χ2n) is 8.62. The third-order valence-electron chi connectivity index (χ3n) is 6.61. The number of hydrogen-bond acceptors (Lipinski definition) is 3. The molecule has 3 N–H and O–H groups in total. The van der Waals surface area contributed by atoms with Gasteiger partial charge in [0, 0.05) is 11.8 Å². The lowest BCUT2D eigenvalue weighted by molar-refractivity contribution is -0.139. The quantitative estimate of drug-likeness (QED) is 0.493. The molecule has 33 heavy (non-hydrogen) atoms. The zero-order valence-electron chi connectivity index (χ0n) is 18.5. The highest BCUT2D eigenvalue weighted by atomic mass is 16.5. The van der Waals surface area contributed by atoms with E-state index in [2.05, 4.69) is 24.3 Å². The molecule has 1 aliphatic carbocycles. The van der Waals surface area contributed by atoms with Crippen molar-refractivity contribution in [3.8, 4) is 5.75 Å². The van der Waals surface area contributed by atoms with Gasteiger partial charge in [0.1, 0.15) is 5.75 Å². The number of carboxylic acid groups (broad SMARTS) is 1. The highest BCUT2D eigenvalue weighted by molar-refractivity contribution is 5.78. The second kappa shape index (κ2) is 10.3. The fourth-order valence-electron chi connectivity index (χ4n) is 5.11. The molecule has 1 aliphatic rings. The largest absolute Gasteiger partial charge is 0.482 e. The third kappa shape index (κ3) is 5.25. The van der Waals surface area contributed by atoms with Gasteiger partial charge < -0.3 is 15.6 Å². The van der Waals surface area contributed by atoms with Crippen LogP contribution in [0, 0.1) is 5.92 Å². The first-order valence-corrected chi connectivity index (χ1v) is 11.4. The Labute approximate surface area is 194 Å². The monoisotopic (exact) mass is 443 g/mol. The van der Waals surface area contributed by atoms with Crippen LogP contribution in [0.1, 0.15) is 53.4 Å². The number of fused-ring (bicyclic) bond motifs is 1. The van der Waals surface area contributed by atoms with Gasteiger partial charge in [-0.25, -0.2) is 4.79 Å². The van der Waals surface area contributed by atoms with E-state index in [1.54, 1.807) is 6.07 Å². The van der Waals surface area contributed by atoms with Crippen LogP contribution in [-0.4, -0.2) is 23.6 Å². The van der Waals surface area contributed by atoms with Crippen LogP contribution >= 0.6 is 0 Å². The van der Waals surface area contributed by atoms with Crippen molar-refractivity contribution in [1.82, 2.24) is 0 Å². The van der Waals surface area contributed by atoms with Crippen molar-refractivity contribution in [2.75, 3.05) is 6.61 Å². The summed E-state index contributed by atoms with van der Waals surface area (Å²) in [6.45, 7) is -0.384. The molecule has 0 bridgehead atoms. The van der Waals surface area contributed by atoms with Crippen molar-refractivity contribution in [1.29, 1.82) is 0 Å². The molecule has 0 fully saturated rings. The Kier molecular flexibility index (Phi) is 7.08. The van der Waals surface area contributed by atoms with Crippen LogP contribution in [0.15, 0.2) is 78.9 Å². The molecule has 0 saturated heterocycles. The molecule has 2 unspecified atom stereocenters. The van der Waals surface area contributed by atoms with Gasteiger partial charge in [-0.1, -0.05) is 72.8 Å². The van der Waals surface area contributed by atoms with Gasteiger partial charge in [0.15, 0.2) is 6.61 Å². The highest BCUT2D eigenvalue weighted by Crippen LogP contribution is 2.44. The number of ether oxygens (including phenoxy) is 1. The summed E-state index contributed by atoms with van der Waals surface area (Å²) in [5.74, 6) is -1.07. The van der Waals surface area contributed by atoms with Crippen LogP contribution < -0.4 is 10.5 Å². The molecule has 0 heterocycles. The molecule has 170 valence electrons. The molecule has 0 saturated carbocycles. The summed E-state index contributed by atoms with van der Waals surface area (Å²) < 4.78 is 5.56. The van der Waals surface area contributed by atoms with Crippen LogP contribution in [0.2, 0.25) is 0 Å². The molecule has 3 aromatic carbocycles. The summed E-state index contributed by atoms with van der Waals surface area (Å²) in [4.78, 5) is 23.8. The molecule has 0 aliphatic heterocycles. The Balaban J connectivity index is 1.69. The van der Waals surface area contributed by atoms with Crippen molar-refractivity contribution >= 4 is 11.9 Å². The molecule has 0 spiro atoms. The zero-order valence-corrected chi connectivity index (χ0v) is 18.5. The van der Waals surface area contributed by atoms with Crippen molar-refractivity contribution in [3.63, 3.8) is 0 Å². The summed E-state index contributed by atoms with van der Waals surface area (Å²) in [6.07, 6.45) is 3.16. The van der Waals surface area contributed by atoms with Gasteiger partial charge in [0.25, 0.3) is 0 Å².